The second-order valence-electron chi connectivity index (χ2n) is 4.57. The number of aromatic nitrogens is 2. The number of hydrogen-bond donors (Lipinski definition) is 2. The molecule has 0 aliphatic carbocycles. The van der Waals surface area contributed by atoms with Gasteiger partial charge in [-0.25, -0.2) is 14.8 Å². The van der Waals surface area contributed by atoms with Crippen molar-refractivity contribution in [3.8, 4) is 0 Å². The number of carboxylic acids is 1. The van der Waals surface area contributed by atoms with Gasteiger partial charge < -0.3 is 10.4 Å². The Kier molecular flexibility index (Phi) is 4.30. The van der Waals surface area contributed by atoms with Crippen LogP contribution in [0.25, 0.3) is 0 Å². The summed E-state index contributed by atoms with van der Waals surface area (Å²) in [5, 5.41) is 12.1. The van der Waals surface area contributed by atoms with Gasteiger partial charge in [-0.15, -0.1) is 0 Å². The van der Waals surface area contributed by atoms with Gasteiger partial charge in [0.15, 0.2) is 0 Å². The number of nitrogens with zero attached hydrogens (tertiary/aromatic N) is 2. The molecule has 0 amide bonds. The monoisotopic (exact) mass is 271 g/mol. The van der Waals surface area contributed by atoms with E-state index in [1.165, 1.54) is 0 Å². The van der Waals surface area contributed by atoms with E-state index in [1.807, 2.05) is 19.1 Å². The summed E-state index contributed by atoms with van der Waals surface area (Å²) in [5.74, 6) is 0.534. The molecule has 2 rings (SSSR count). The zero-order valence-electron chi connectivity index (χ0n) is 11.6. The molecule has 0 aliphatic heterocycles. The summed E-state index contributed by atoms with van der Waals surface area (Å²) >= 11 is 0. The van der Waals surface area contributed by atoms with Crippen molar-refractivity contribution in [1.29, 1.82) is 0 Å². The summed E-state index contributed by atoms with van der Waals surface area (Å²) in [6.07, 6.45) is 1.81. The third-order valence-electron chi connectivity index (χ3n) is 2.76. The highest BCUT2D eigenvalue weighted by molar-refractivity contribution is 5.89. The van der Waals surface area contributed by atoms with Crippen molar-refractivity contribution >= 4 is 17.5 Å². The number of carboxylic acid groups (broad SMARTS) is 1. The van der Waals surface area contributed by atoms with Crippen molar-refractivity contribution in [2.24, 2.45) is 0 Å². The molecule has 0 atom stereocenters. The minimum absolute atomic E-state index is 0.245. The molecule has 1 heterocycles. The summed E-state index contributed by atoms with van der Waals surface area (Å²) in [6.45, 7) is 3.99. The molecule has 1 aromatic carbocycles. The van der Waals surface area contributed by atoms with E-state index in [4.69, 9.17) is 5.11 Å². The maximum absolute atomic E-state index is 10.9. The molecule has 0 bridgehead atoms. The molecule has 2 aromatic rings. The molecule has 0 radical (unpaired) electrons. The number of nitrogens with one attached hydrogen (secondary N) is 1. The lowest BCUT2D eigenvalue weighted by Crippen LogP contribution is -2.03. The number of rotatable bonds is 5. The van der Waals surface area contributed by atoms with Crippen LogP contribution in [0, 0.1) is 6.92 Å². The number of aromatic carboxylic acids is 1. The lowest BCUT2D eigenvalue weighted by atomic mass is 10.2. The van der Waals surface area contributed by atoms with Crippen LogP contribution in [0.15, 0.2) is 30.3 Å². The fourth-order valence-electron chi connectivity index (χ4n) is 1.91. The van der Waals surface area contributed by atoms with Gasteiger partial charge in [-0.1, -0.05) is 13.0 Å². The predicted octanol–water partition coefficient (Wildman–Crippen LogP) is 3.18. The molecule has 20 heavy (non-hydrogen) atoms. The summed E-state index contributed by atoms with van der Waals surface area (Å²) in [4.78, 5) is 19.7. The fourth-order valence-corrected chi connectivity index (χ4v) is 1.91. The average Bonchev–Trinajstić information content (AvgIpc) is 2.38. The fraction of sp³-hybridized carbons (Fsp3) is 0.267. The number of hydrogen-bond acceptors (Lipinski definition) is 4. The van der Waals surface area contributed by atoms with E-state index in [0.29, 0.717) is 11.5 Å². The predicted molar refractivity (Wildman–Crippen MR) is 77.4 cm³/mol. The Bertz CT molecular complexity index is 626. The molecule has 5 nitrogen and oxygen atoms in total. The molecule has 0 unspecified atom stereocenters. The Balaban J connectivity index is 2.25. The standard InChI is InChI=1S/C15H17N3O2/c1-3-5-13-16-10(2)8-14(18-13)17-12-7-4-6-11(9-12)15(19)20/h4,6-9H,3,5H2,1-2H3,(H,19,20)(H,16,17,18). The van der Waals surface area contributed by atoms with Crippen LogP contribution < -0.4 is 5.32 Å². The number of anilines is 2. The Morgan fingerprint density at radius 2 is 2.10 bits per heavy atom. The van der Waals surface area contributed by atoms with Crippen molar-refractivity contribution in [3.63, 3.8) is 0 Å². The summed E-state index contributed by atoms with van der Waals surface area (Å²) in [7, 11) is 0. The molecule has 104 valence electrons. The van der Waals surface area contributed by atoms with E-state index in [-0.39, 0.29) is 5.56 Å². The molecule has 0 spiro atoms. The minimum Gasteiger partial charge on any atom is -0.478 e. The van der Waals surface area contributed by atoms with Gasteiger partial charge in [0.1, 0.15) is 11.6 Å². The molecule has 0 saturated heterocycles. The Labute approximate surface area is 117 Å². The topological polar surface area (TPSA) is 75.1 Å². The van der Waals surface area contributed by atoms with E-state index in [2.05, 4.69) is 22.2 Å². The van der Waals surface area contributed by atoms with Crippen LogP contribution in [-0.4, -0.2) is 21.0 Å². The highest BCUT2D eigenvalue weighted by Crippen LogP contribution is 2.17. The van der Waals surface area contributed by atoms with Gasteiger partial charge in [0, 0.05) is 23.9 Å². The largest absolute Gasteiger partial charge is 0.478 e. The minimum atomic E-state index is -0.945. The Hall–Kier alpha value is -2.43. The normalized spacial score (nSPS) is 10.3. The van der Waals surface area contributed by atoms with Gasteiger partial charge in [-0.3, -0.25) is 0 Å². The van der Waals surface area contributed by atoms with Crippen molar-refractivity contribution in [2.45, 2.75) is 26.7 Å². The van der Waals surface area contributed by atoms with Crippen LogP contribution in [0.4, 0.5) is 11.5 Å². The van der Waals surface area contributed by atoms with E-state index < -0.39 is 5.97 Å². The van der Waals surface area contributed by atoms with E-state index in [0.717, 1.165) is 24.4 Å². The quantitative estimate of drug-likeness (QED) is 0.873. The van der Waals surface area contributed by atoms with Gasteiger partial charge in [-0.2, -0.15) is 0 Å². The molecular formula is C15H17N3O2. The SMILES string of the molecule is CCCc1nc(C)cc(Nc2cccc(C(=O)O)c2)n1. The summed E-state index contributed by atoms with van der Waals surface area (Å²) < 4.78 is 0. The van der Waals surface area contributed by atoms with Gasteiger partial charge in [-0.05, 0) is 31.5 Å². The first-order valence-corrected chi connectivity index (χ1v) is 6.53. The summed E-state index contributed by atoms with van der Waals surface area (Å²) in [6, 6.07) is 8.49. The van der Waals surface area contributed by atoms with Crippen molar-refractivity contribution in [2.75, 3.05) is 5.32 Å². The Morgan fingerprint density at radius 3 is 2.80 bits per heavy atom. The second kappa shape index (κ2) is 6.14. The van der Waals surface area contributed by atoms with Crippen LogP contribution in [-0.2, 0) is 6.42 Å². The molecule has 2 N–H and O–H groups in total. The first kappa shape index (κ1) is 14.0. The highest BCUT2D eigenvalue weighted by Gasteiger charge is 2.05. The number of aryl methyl sites for hydroxylation is 2. The summed E-state index contributed by atoms with van der Waals surface area (Å²) in [5.41, 5.74) is 1.83. The van der Waals surface area contributed by atoms with Gasteiger partial charge in [0.05, 0.1) is 5.56 Å². The molecule has 0 fully saturated rings. The first-order valence-electron chi connectivity index (χ1n) is 6.53. The molecule has 5 heteroatoms. The van der Waals surface area contributed by atoms with Crippen molar-refractivity contribution < 1.29 is 9.90 Å². The van der Waals surface area contributed by atoms with Crippen LogP contribution in [0.2, 0.25) is 0 Å². The smallest absolute Gasteiger partial charge is 0.335 e. The maximum Gasteiger partial charge on any atom is 0.335 e. The third kappa shape index (κ3) is 3.54. The van der Waals surface area contributed by atoms with E-state index in [1.54, 1.807) is 18.2 Å². The van der Waals surface area contributed by atoms with Crippen molar-refractivity contribution in [1.82, 2.24) is 9.97 Å². The zero-order valence-corrected chi connectivity index (χ0v) is 11.6. The maximum atomic E-state index is 10.9. The zero-order chi connectivity index (χ0) is 14.5. The molecule has 0 aliphatic rings. The lowest BCUT2D eigenvalue weighted by Gasteiger charge is -2.08. The van der Waals surface area contributed by atoms with Crippen LogP contribution >= 0.6 is 0 Å². The third-order valence-corrected chi connectivity index (χ3v) is 2.76. The van der Waals surface area contributed by atoms with Crippen LogP contribution in [0.1, 0.15) is 35.2 Å². The molecule has 0 saturated carbocycles. The molecular weight excluding hydrogens is 254 g/mol. The average molecular weight is 271 g/mol. The van der Waals surface area contributed by atoms with Crippen LogP contribution in [0.5, 0.6) is 0 Å². The van der Waals surface area contributed by atoms with Gasteiger partial charge in [0.25, 0.3) is 0 Å². The van der Waals surface area contributed by atoms with Gasteiger partial charge >= 0.3 is 5.97 Å². The Morgan fingerprint density at radius 1 is 1.30 bits per heavy atom. The highest BCUT2D eigenvalue weighted by atomic mass is 16.4. The first-order chi connectivity index (χ1) is 9.58. The van der Waals surface area contributed by atoms with Gasteiger partial charge in [0.2, 0.25) is 0 Å². The molecule has 1 aromatic heterocycles. The second-order valence-corrected chi connectivity index (χ2v) is 4.57. The van der Waals surface area contributed by atoms with E-state index in [9.17, 15) is 4.79 Å². The lowest BCUT2D eigenvalue weighted by molar-refractivity contribution is 0.0697. The number of carbonyl (C=O) groups is 1. The van der Waals surface area contributed by atoms with Crippen LogP contribution in [0.3, 0.4) is 0 Å². The van der Waals surface area contributed by atoms with Crippen molar-refractivity contribution in [3.05, 3.63) is 47.4 Å². The van der Waals surface area contributed by atoms with E-state index >= 15 is 0 Å². The number of benzene rings is 1.